The number of hydrogen-bond acceptors (Lipinski definition) is 6. The highest BCUT2D eigenvalue weighted by atomic mass is 33.1. The molecular formula is C13H27N3O2S2. The van der Waals surface area contributed by atoms with Crippen molar-refractivity contribution in [3.8, 4) is 0 Å². The second kappa shape index (κ2) is 9.89. The average molecular weight is 322 g/mol. The Kier molecular flexibility index (Phi) is 8.95. The fraction of sp³-hybridized carbons (Fsp3) is 0.923. The summed E-state index contributed by atoms with van der Waals surface area (Å²) in [6.45, 7) is 8.23. The molecule has 1 unspecified atom stereocenters. The Balaban J connectivity index is 2.06. The van der Waals surface area contributed by atoms with E-state index < -0.39 is 0 Å². The molecule has 0 bridgehead atoms. The Morgan fingerprint density at radius 3 is 2.85 bits per heavy atom. The van der Waals surface area contributed by atoms with Gasteiger partial charge in [-0.3, -0.25) is 9.69 Å². The van der Waals surface area contributed by atoms with Crippen LogP contribution in [0, 0.1) is 0 Å². The van der Waals surface area contributed by atoms with Gasteiger partial charge in [-0.25, -0.2) is 0 Å². The van der Waals surface area contributed by atoms with E-state index in [0.29, 0.717) is 6.54 Å². The lowest BCUT2D eigenvalue weighted by molar-refractivity contribution is -0.130. The highest BCUT2D eigenvalue weighted by Gasteiger charge is 2.33. The number of carbonyl (C=O) groups excluding carboxylic acids is 1. The van der Waals surface area contributed by atoms with E-state index in [9.17, 15) is 4.79 Å². The first-order valence-electron chi connectivity index (χ1n) is 7.13. The molecule has 0 radical (unpaired) electrons. The SMILES string of the molecule is CC(C)OCCN(C)CCNC(=O)C1CCN1CSS. The van der Waals surface area contributed by atoms with Gasteiger partial charge in [0.15, 0.2) is 0 Å². The highest BCUT2D eigenvalue weighted by molar-refractivity contribution is 8.68. The van der Waals surface area contributed by atoms with Gasteiger partial charge in [0.1, 0.15) is 0 Å². The molecule has 1 saturated heterocycles. The van der Waals surface area contributed by atoms with E-state index in [2.05, 4.69) is 26.8 Å². The van der Waals surface area contributed by atoms with Gasteiger partial charge in [-0.15, -0.1) is 11.7 Å². The van der Waals surface area contributed by atoms with Crippen LogP contribution in [0.15, 0.2) is 0 Å². The van der Waals surface area contributed by atoms with Crippen LogP contribution in [0.3, 0.4) is 0 Å². The maximum Gasteiger partial charge on any atom is 0.237 e. The van der Waals surface area contributed by atoms with Gasteiger partial charge in [0.2, 0.25) is 5.91 Å². The summed E-state index contributed by atoms with van der Waals surface area (Å²) in [5.41, 5.74) is 0. The third-order valence-electron chi connectivity index (χ3n) is 3.37. The number of amides is 1. The fourth-order valence-corrected chi connectivity index (χ4v) is 2.91. The second-order valence-corrected chi connectivity index (χ2v) is 6.68. The molecule has 20 heavy (non-hydrogen) atoms. The lowest BCUT2D eigenvalue weighted by atomic mass is 10.0. The average Bonchev–Trinajstić information content (AvgIpc) is 2.34. The molecule has 0 spiro atoms. The van der Waals surface area contributed by atoms with Crippen molar-refractivity contribution in [3.05, 3.63) is 0 Å². The quantitative estimate of drug-likeness (QED) is 0.465. The number of rotatable bonds is 10. The Morgan fingerprint density at radius 1 is 1.55 bits per heavy atom. The number of thiol groups is 1. The minimum absolute atomic E-state index is 0.0456. The molecule has 0 aromatic carbocycles. The zero-order valence-electron chi connectivity index (χ0n) is 12.7. The van der Waals surface area contributed by atoms with Crippen LogP contribution in [0.1, 0.15) is 20.3 Å². The van der Waals surface area contributed by atoms with Crippen LogP contribution in [0.4, 0.5) is 0 Å². The van der Waals surface area contributed by atoms with Crippen molar-refractivity contribution in [3.63, 3.8) is 0 Å². The predicted molar refractivity (Wildman–Crippen MR) is 88.1 cm³/mol. The van der Waals surface area contributed by atoms with Crippen molar-refractivity contribution in [1.82, 2.24) is 15.1 Å². The number of nitrogens with one attached hydrogen (secondary N) is 1. The van der Waals surface area contributed by atoms with Crippen LogP contribution in [-0.4, -0.2) is 73.6 Å². The van der Waals surface area contributed by atoms with Crippen LogP contribution in [0.25, 0.3) is 0 Å². The zero-order chi connectivity index (χ0) is 15.0. The maximum absolute atomic E-state index is 12.0. The van der Waals surface area contributed by atoms with Crippen LogP contribution in [0.2, 0.25) is 0 Å². The fourth-order valence-electron chi connectivity index (χ4n) is 2.01. The van der Waals surface area contributed by atoms with Gasteiger partial charge in [-0.2, -0.15) is 0 Å². The molecule has 1 atom stereocenters. The first kappa shape index (κ1) is 18.1. The number of hydrogen-bond donors (Lipinski definition) is 2. The Labute approximate surface area is 131 Å². The number of ether oxygens (including phenoxy) is 1. The molecule has 0 aromatic rings. The molecule has 1 fully saturated rings. The van der Waals surface area contributed by atoms with Crippen molar-refractivity contribution < 1.29 is 9.53 Å². The lowest BCUT2D eigenvalue weighted by Gasteiger charge is -2.38. The smallest absolute Gasteiger partial charge is 0.237 e. The summed E-state index contributed by atoms with van der Waals surface area (Å²) < 4.78 is 5.50. The van der Waals surface area contributed by atoms with Crippen molar-refractivity contribution in [2.45, 2.75) is 32.4 Å². The molecule has 5 nitrogen and oxygen atoms in total. The van der Waals surface area contributed by atoms with Gasteiger partial charge in [0, 0.05) is 26.2 Å². The number of likely N-dealkylation sites (N-methyl/N-ethyl adjacent to an activating group) is 1. The summed E-state index contributed by atoms with van der Waals surface area (Å²) in [4.78, 5) is 16.3. The topological polar surface area (TPSA) is 44.8 Å². The van der Waals surface area contributed by atoms with Crippen molar-refractivity contribution in [1.29, 1.82) is 0 Å². The van der Waals surface area contributed by atoms with Gasteiger partial charge >= 0.3 is 0 Å². The Morgan fingerprint density at radius 2 is 2.30 bits per heavy atom. The minimum Gasteiger partial charge on any atom is -0.377 e. The van der Waals surface area contributed by atoms with E-state index >= 15 is 0 Å². The first-order chi connectivity index (χ1) is 9.54. The van der Waals surface area contributed by atoms with Crippen molar-refractivity contribution in [2.75, 3.05) is 45.7 Å². The molecule has 1 N–H and O–H groups in total. The normalized spacial score (nSPS) is 19.4. The van der Waals surface area contributed by atoms with E-state index in [0.717, 1.165) is 38.5 Å². The van der Waals surface area contributed by atoms with E-state index in [4.69, 9.17) is 4.74 Å². The summed E-state index contributed by atoms with van der Waals surface area (Å²) in [6, 6.07) is 0.0456. The van der Waals surface area contributed by atoms with Crippen LogP contribution >= 0.6 is 22.5 Å². The Bertz CT molecular complexity index is 293. The van der Waals surface area contributed by atoms with Crippen LogP contribution < -0.4 is 5.32 Å². The summed E-state index contributed by atoms with van der Waals surface area (Å²) in [6.07, 6.45) is 1.23. The van der Waals surface area contributed by atoms with Gasteiger partial charge in [0.25, 0.3) is 0 Å². The highest BCUT2D eigenvalue weighted by Crippen LogP contribution is 2.21. The molecule has 1 aliphatic heterocycles. The molecular weight excluding hydrogens is 294 g/mol. The van der Waals surface area contributed by atoms with Crippen LogP contribution in [0.5, 0.6) is 0 Å². The Hall–Kier alpha value is 0.0500. The summed E-state index contributed by atoms with van der Waals surface area (Å²) in [7, 11) is 3.51. The predicted octanol–water partition coefficient (Wildman–Crippen LogP) is 1.07. The molecule has 0 saturated carbocycles. The third-order valence-corrected chi connectivity index (χ3v) is 4.17. The molecule has 1 heterocycles. The van der Waals surface area contributed by atoms with Gasteiger partial charge in [-0.1, -0.05) is 10.8 Å². The summed E-state index contributed by atoms with van der Waals surface area (Å²) in [5, 5.41) is 3.01. The lowest BCUT2D eigenvalue weighted by Crippen LogP contribution is -2.56. The zero-order valence-corrected chi connectivity index (χ0v) is 14.4. The molecule has 0 aliphatic carbocycles. The molecule has 1 rings (SSSR count). The summed E-state index contributed by atoms with van der Waals surface area (Å²) >= 11 is 4.13. The standard InChI is InChI=1S/C13H27N3O2S2/c1-11(2)18-9-8-15(3)7-5-14-13(17)12-4-6-16(12)10-20-19/h11-12,19H,4-10H2,1-3H3,(H,14,17). The molecule has 118 valence electrons. The number of carbonyl (C=O) groups is 1. The van der Waals surface area contributed by atoms with Gasteiger partial charge in [0.05, 0.1) is 24.6 Å². The van der Waals surface area contributed by atoms with Crippen molar-refractivity contribution >= 4 is 28.4 Å². The van der Waals surface area contributed by atoms with Gasteiger partial charge in [-0.05, 0) is 27.3 Å². The molecule has 7 heteroatoms. The number of likely N-dealkylation sites (tertiary alicyclic amines) is 1. The molecule has 0 aromatic heterocycles. The molecule has 1 aliphatic rings. The van der Waals surface area contributed by atoms with E-state index in [1.165, 1.54) is 10.8 Å². The van der Waals surface area contributed by atoms with Crippen molar-refractivity contribution in [2.24, 2.45) is 0 Å². The van der Waals surface area contributed by atoms with E-state index in [1.807, 2.05) is 20.9 Å². The number of nitrogens with zero attached hydrogens (tertiary/aromatic N) is 2. The largest absolute Gasteiger partial charge is 0.377 e. The van der Waals surface area contributed by atoms with Crippen LogP contribution in [-0.2, 0) is 9.53 Å². The van der Waals surface area contributed by atoms with Gasteiger partial charge < -0.3 is 15.0 Å². The minimum atomic E-state index is 0.0456. The second-order valence-electron chi connectivity index (χ2n) is 5.39. The monoisotopic (exact) mass is 321 g/mol. The van der Waals surface area contributed by atoms with E-state index in [-0.39, 0.29) is 18.1 Å². The third kappa shape index (κ3) is 6.67. The molecule has 1 amide bonds. The summed E-state index contributed by atoms with van der Waals surface area (Å²) in [5.74, 6) is 0.957. The first-order valence-corrected chi connectivity index (χ1v) is 9.16. The maximum atomic E-state index is 12.0. The van der Waals surface area contributed by atoms with E-state index in [1.54, 1.807) is 0 Å².